The van der Waals surface area contributed by atoms with Crippen LogP contribution in [0.1, 0.15) is 25.0 Å². The van der Waals surface area contributed by atoms with E-state index < -0.39 is 20.9 Å². The molecule has 4 aromatic carbocycles. The van der Waals surface area contributed by atoms with E-state index in [1.807, 2.05) is 62.5 Å². The van der Waals surface area contributed by atoms with Crippen LogP contribution in [0.5, 0.6) is 5.75 Å². The van der Waals surface area contributed by atoms with Gasteiger partial charge in [-0.1, -0.05) is 73.7 Å². The normalized spacial score (nSPS) is 12.9. The van der Waals surface area contributed by atoms with Gasteiger partial charge in [0.05, 0.1) is 10.8 Å². The van der Waals surface area contributed by atoms with Crippen LogP contribution in [0.3, 0.4) is 0 Å². The predicted molar refractivity (Wildman–Crippen MR) is 146 cm³/mol. The van der Waals surface area contributed by atoms with Gasteiger partial charge in [0.15, 0.2) is 0 Å². The van der Waals surface area contributed by atoms with Crippen molar-refractivity contribution in [2.75, 3.05) is 19.3 Å². The molecule has 0 bridgehead atoms. The maximum Gasteiger partial charge on any atom is 0.295 e. The van der Waals surface area contributed by atoms with E-state index in [9.17, 15) is 12.6 Å². The van der Waals surface area contributed by atoms with Crippen LogP contribution >= 0.6 is 0 Å². The second kappa shape index (κ2) is 13.3. The van der Waals surface area contributed by atoms with Gasteiger partial charge in [0, 0.05) is 22.5 Å². The average Bonchev–Trinajstić information content (AvgIpc) is 2.91. The van der Waals surface area contributed by atoms with Gasteiger partial charge in [-0.05, 0) is 54.9 Å². The molecule has 0 saturated carbocycles. The smallest absolute Gasteiger partial charge is 0.295 e. The standard InChI is InChI=1S/C18H23NO2S.C10H8O3S/c1-3-22(20)17-11-9-16(10-12-17)21-18(13-14-19-2)15-7-5-4-6-8-15;11-14(12,13)10-7-3-5-8-4-1-2-6-9(8)10/h4-12,18-19H,3,13-14H2,1-2H3;1-7H,(H,11,12,13). The van der Waals surface area contributed by atoms with Gasteiger partial charge in [0.1, 0.15) is 16.7 Å². The number of hydrogen-bond acceptors (Lipinski definition) is 5. The van der Waals surface area contributed by atoms with E-state index in [4.69, 9.17) is 9.29 Å². The van der Waals surface area contributed by atoms with Crippen LogP contribution in [0.25, 0.3) is 10.8 Å². The van der Waals surface area contributed by atoms with Gasteiger partial charge < -0.3 is 10.1 Å². The Labute approximate surface area is 215 Å². The van der Waals surface area contributed by atoms with Gasteiger partial charge in [-0.25, -0.2) is 0 Å². The lowest BCUT2D eigenvalue weighted by atomic mass is 10.1. The maximum absolute atomic E-state index is 11.8. The first kappa shape index (κ1) is 27.5. The highest BCUT2D eigenvalue weighted by molar-refractivity contribution is 7.86. The van der Waals surface area contributed by atoms with Gasteiger partial charge in [-0.3, -0.25) is 8.76 Å². The first-order chi connectivity index (χ1) is 17.3. The Balaban J connectivity index is 0.000000221. The van der Waals surface area contributed by atoms with Crippen molar-refractivity contribution in [1.82, 2.24) is 5.32 Å². The third-order valence-corrected chi connectivity index (χ3v) is 7.72. The summed E-state index contributed by atoms with van der Waals surface area (Å²) in [6.07, 6.45) is 0.902. The first-order valence-corrected chi connectivity index (χ1v) is 14.4. The van der Waals surface area contributed by atoms with Gasteiger partial charge in [-0.15, -0.1) is 0 Å². The van der Waals surface area contributed by atoms with Crippen molar-refractivity contribution < 1.29 is 21.9 Å². The Morgan fingerprint density at radius 3 is 2.17 bits per heavy atom. The van der Waals surface area contributed by atoms with E-state index in [1.54, 1.807) is 30.3 Å². The second-order valence-corrected chi connectivity index (χ2v) is 11.1. The molecular weight excluding hydrogens is 494 g/mol. The molecule has 4 aromatic rings. The van der Waals surface area contributed by atoms with Crippen LogP contribution in [0.2, 0.25) is 0 Å². The minimum absolute atomic E-state index is 0.0103. The van der Waals surface area contributed by atoms with Crippen molar-refractivity contribution >= 4 is 31.7 Å². The molecule has 0 saturated heterocycles. The molecule has 2 atom stereocenters. The van der Waals surface area contributed by atoms with Crippen molar-refractivity contribution in [3.8, 4) is 5.75 Å². The molecule has 36 heavy (non-hydrogen) atoms. The van der Waals surface area contributed by atoms with Crippen LogP contribution in [-0.2, 0) is 20.9 Å². The number of hydrogen-bond donors (Lipinski definition) is 2. The molecule has 0 spiro atoms. The molecule has 2 unspecified atom stereocenters. The number of rotatable bonds is 9. The summed E-state index contributed by atoms with van der Waals surface area (Å²) in [5, 5.41) is 4.50. The summed E-state index contributed by atoms with van der Waals surface area (Å²) in [7, 11) is -3.11. The zero-order valence-electron chi connectivity index (χ0n) is 20.3. The Bertz CT molecular complexity index is 1370. The molecule has 2 N–H and O–H groups in total. The van der Waals surface area contributed by atoms with E-state index in [2.05, 4.69) is 17.4 Å². The molecule has 0 heterocycles. The monoisotopic (exact) mass is 525 g/mol. The van der Waals surface area contributed by atoms with E-state index in [-0.39, 0.29) is 11.0 Å². The largest absolute Gasteiger partial charge is 0.486 e. The Morgan fingerprint density at radius 1 is 0.889 bits per heavy atom. The Morgan fingerprint density at radius 2 is 1.53 bits per heavy atom. The number of fused-ring (bicyclic) bond motifs is 1. The van der Waals surface area contributed by atoms with Crippen LogP contribution < -0.4 is 10.1 Å². The summed E-state index contributed by atoms with van der Waals surface area (Å²) in [5.41, 5.74) is 1.17. The first-order valence-electron chi connectivity index (χ1n) is 11.6. The summed E-state index contributed by atoms with van der Waals surface area (Å²) in [5.74, 6) is 1.44. The van der Waals surface area contributed by atoms with E-state index in [0.29, 0.717) is 11.1 Å². The molecule has 0 aliphatic heterocycles. The summed E-state index contributed by atoms with van der Waals surface area (Å²) >= 11 is 0. The van der Waals surface area contributed by atoms with Crippen LogP contribution in [0.4, 0.5) is 0 Å². The SMILES string of the molecule is CCS(=O)c1ccc(OC(CCNC)c2ccccc2)cc1.O=S(=O)(O)c1cccc2ccccc12. The lowest BCUT2D eigenvalue weighted by Crippen LogP contribution is -2.16. The predicted octanol–water partition coefficient (Wildman–Crippen LogP) is 5.63. The van der Waals surface area contributed by atoms with Gasteiger partial charge in [-0.2, -0.15) is 8.42 Å². The van der Waals surface area contributed by atoms with E-state index in [1.165, 1.54) is 11.6 Å². The topological polar surface area (TPSA) is 92.7 Å². The number of benzene rings is 4. The fourth-order valence-corrected chi connectivity index (χ4v) is 5.15. The molecule has 0 fully saturated rings. The maximum atomic E-state index is 11.8. The zero-order valence-corrected chi connectivity index (χ0v) is 22.0. The molecule has 4 rings (SSSR count). The Kier molecular flexibility index (Phi) is 10.2. The molecule has 8 heteroatoms. The van der Waals surface area contributed by atoms with Gasteiger partial charge in [0.25, 0.3) is 10.1 Å². The lowest BCUT2D eigenvalue weighted by molar-refractivity contribution is 0.195. The van der Waals surface area contributed by atoms with Crippen LogP contribution in [0.15, 0.2) is 107 Å². The fourth-order valence-electron chi connectivity index (χ4n) is 3.66. The molecule has 0 aliphatic carbocycles. The highest BCUT2D eigenvalue weighted by atomic mass is 32.2. The quantitative estimate of drug-likeness (QED) is 0.275. The van der Waals surface area contributed by atoms with Crippen LogP contribution in [-0.4, -0.2) is 36.5 Å². The second-order valence-electron chi connectivity index (χ2n) is 7.97. The highest BCUT2D eigenvalue weighted by Gasteiger charge is 2.14. The number of nitrogens with one attached hydrogen (secondary N) is 1. The lowest BCUT2D eigenvalue weighted by Gasteiger charge is -2.19. The molecule has 0 aromatic heterocycles. The highest BCUT2D eigenvalue weighted by Crippen LogP contribution is 2.25. The van der Waals surface area contributed by atoms with Gasteiger partial charge >= 0.3 is 0 Å². The molecule has 0 amide bonds. The third-order valence-electron chi connectivity index (χ3n) is 5.48. The van der Waals surface area contributed by atoms with Crippen molar-refractivity contribution in [2.45, 2.75) is 29.2 Å². The summed E-state index contributed by atoms with van der Waals surface area (Å²) < 4.78 is 48.9. The number of ether oxygens (including phenoxy) is 1. The summed E-state index contributed by atoms with van der Waals surface area (Å²) in [4.78, 5) is 0.803. The zero-order chi connectivity index (χ0) is 26.0. The minimum Gasteiger partial charge on any atom is -0.486 e. The molecule has 6 nitrogen and oxygen atoms in total. The van der Waals surface area contributed by atoms with Crippen molar-refractivity contribution in [2.24, 2.45) is 0 Å². The Hall–Kier alpha value is -3.04. The molecular formula is C28H31NO5S2. The van der Waals surface area contributed by atoms with E-state index >= 15 is 0 Å². The molecule has 0 aliphatic rings. The summed E-state index contributed by atoms with van der Waals surface area (Å²) in [6.45, 7) is 2.81. The summed E-state index contributed by atoms with van der Waals surface area (Å²) in [6, 6.07) is 29.6. The van der Waals surface area contributed by atoms with Crippen molar-refractivity contribution in [3.05, 3.63) is 103 Å². The third kappa shape index (κ3) is 7.73. The molecule has 0 radical (unpaired) electrons. The van der Waals surface area contributed by atoms with Gasteiger partial charge in [0.2, 0.25) is 0 Å². The van der Waals surface area contributed by atoms with Crippen LogP contribution in [0, 0.1) is 0 Å². The molecule has 190 valence electrons. The fraction of sp³-hybridized carbons (Fsp3) is 0.214. The average molecular weight is 526 g/mol. The van der Waals surface area contributed by atoms with E-state index in [0.717, 1.165) is 29.0 Å². The van der Waals surface area contributed by atoms with Crippen molar-refractivity contribution in [1.29, 1.82) is 0 Å². The van der Waals surface area contributed by atoms with Crippen molar-refractivity contribution in [3.63, 3.8) is 0 Å². The minimum atomic E-state index is -4.13.